The molecule has 0 bridgehead atoms. The molecule has 1 heterocycles. The van der Waals surface area contributed by atoms with Crippen LogP contribution in [-0.4, -0.2) is 21.6 Å². The van der Waals surface area contributed by atoms with Crippen molar-refractivity contribution < 1.29 is 13.2 Å². The maximum absolute atomic E-state index is 12.0. The molecule has 0 atom stereocenters. The number of aryl methyl sites for hydroxylation is 2. The molecule has 7 heteroatoms. The molecule has 0 aliphatic rings. The van der Waals surface area contributed by atoms with Gasteiger partial charge in [0.2, 0.25) is 10.0 Å². The largest absolute Gasteiger partial charge is 0.492 e. The Hall–Kier alpha value is -1.08. The molecule has 1 N–H and O–H groups in total. The van der Waals surface area contributed by atoms with Crippen molar-refractivity contribution in [2.75, 3.05) is 13.2 Å². The first-order valence-corrected chi connectivity index (χ1v) is 9.01. The Morgan fingerprint density at radius 1 is 1.24 bits per heavy atom. The van der Waals surface area contributed by atoms with Crippen molar-refractivity contribution >= 4 is 33.0 Å². The summed E-state index contributed by atoms with van der Waals surface area (Å²) >= 11 is 6.77. The topological polar surface area (TPSA) is 55.4 Å². The van der Waals surface area contributed by atoms with E-state index in [1.165, 1.54) is 6.07 Å². The fourth-order valence-electron chi connectivity index (χ4n) is 1.71. The lowest BCUT2D eigenvalue weighted by molar-refractivity contribution is 0.320. The van der Waals surface area contributed by atoms with Crippen LogP contribution in [0.1, 0.15) is 11.1 Å². The van der Waals surface area contributed by atoms with E-state index in [1.54, 1.807) is 6.07 Å². The summed E-state index contributed by atoms with van der Waals surface area (Å²) in [6.45, 7) is 4.40. The highest BCUT2D eigenvalue weighted by Gasteiger charge is 2.15. The average Bonchev–Trinajstić information content (AvgIpc) is 2.86. The number of sulfonamides is 1. The predicted octanol–water partition coefficient (Wildman–Crippen LogP) is 3.38. The minimum Gasteiger partial charge on any atom is -0.492 e. The number of hydrogen-bond acceptors (Lipinski definition) is 4. The highest BCUT2D eigenvalue weighted by molar-refractivity contribution is 7.91. The number of hydrogen-bond donors (Lipinski definition) is 1. The standard InChI is InChI=1S/C14H16ClNO3S2/c1-10-3-4-11(2)12(9-10)19-8-7-16-21(17,18)14-6-5-13(15)20-14/h3-6,9,16H,7-8H2,1-2H3. The van der Waals surface area contributed by atoms with E-state index in [1.807, 2.05) is 32.0 Å². The Morgan fingerprint density at radius 3 is 2.67 bits per heavy atom. The number of benzene rings is 1. The minimum absolute atomic E-state index is 0.200. The summed E-state index contributed by atoms with van der Waals surface area (Å²) in [4.78, 5) is 0. The van der Waals surface area contributed by atoms with E-state index in [9.17, 15) is 8.42 Å². The summed E-state index contributed by atoms with van der Waals surface area (Å²) < 4.78 is 32.7. The number of nitrogens with one attached hydrogen (secondary N) is 1. The van der Waals surface area contributed by atoms with Crippen LogP contribution in [-0.2, 0) is 10.0 Å². The molecule has 0 amide bonds. The van der Waals surface area contributed by atoms with Crippen LogP contribution in [0.25, 0.3) is 0 Å². The van der Waals surface area contributed by atoms with E-state index < -0.39 is 10.0 Å². The third kappa shape index (κ3) is 4.44. The first kappa shape index (κ1) is 16.3. The summed E-state index contributed by atoms with van der Waals surface area (Å²) in [5.74, 6) is 0.772. The lowest BCUT2D eigenvalue weighted by Gasteiger charge is -2.10. The lowest BCUT2D eigenvalue weighted by atomic mass is 10.1. The van der Waals surface area contributed by atoms with Crippen LogP contribution in [0.3, 0.4) is 0 Å². The zero-order chi connectivity index (χ0) is 15.5. The van der Waals surface area contributed by atoms with Crippen molar-refractivity contribution in [3.8, 4) is 5.75 Å². The Balaban J connectivity index is 1.88. The molecule has 0 saturated heterocycles. The molecule has 21 heavy (non-hydrogen) atoms. The van der Waals surface area contributed by atoms with E-state index in [0.717, 1.165) is 28.2 Å². The Bertz CT molecular complexity index is 726. The van der Waals surface area contributed by atoms with Crippen molar-refractivity contribution in [1.82, 2.24) is 4.72 Å². The third-order valence-electron chi connectivity index (χ3n) is 2.81. The van der Waals surface area contributed by atoms with Crippen molar-refractivity contribution in [1.29, 1.82) is 0 Å². The average molecular weight is 346 g/mol. The molecule has 0 aliphatic carbocycles. The minimum atomic E-state index is -3.51. The second kappa shape index (κ2) is 6.79. The smallest absolute Gasteiger partial charge is 0.250 e. The van der Waals surface area contributed by atoms with Gasteiger partial charge in [0.05, 0.1) is 4.34 Å². The first-order valence-electron chi connectivity index (χ1n) is 6.33. The van der Waals surface area contributed by atoms with Crippen LogP contribution < -0.4 is 9.46 Å². The summed E-state index contributed by atoms with van der Waals surface area (Å²) in [6.07, 6.45) is 0. The third-order valence-corrected chi connectivity index (χ3v) is 5.99. The highest BCUT2D eigenvalue weighted by Crippen LogP contribution is 2.25. The molecular weight excluding hydrogens is 330 g/mol. The van der Waals surface area contributed by atoms with Gasteiger partial charge in [0.25, 0.3) is 0 Å². The quantitative estimate of drug-likeness (QED) is 0.816. The van der Waals surface area contributed by atoms with Crippen LogP contribution >= 0.6 is 22.9 Å². The maximum atomic E-state index is 12.0. The Morgan fingerprint density at radius 2 is 2.00 bits per heavy atom. The zero-order valence-corrected chi connectivity index (χ0v) is 14.1. The highest BCUT2D eigenvalue weighted by atomic mass is 35.5. The Kier molecular flexibility index (Phi) is 5.27. The molecule has 114 valence electrons. The predicted molar refractivity (Wildman–Crippen MR) is 85.9 cm³/mol. The van der Waals surface area contributed by atoms with Gasteiger partial charge in [-0.05, 0) is 43.2 Å². The van der Waals surface area contributed by atoms with Gasteiger partial charge in [-0.1, -0.05) is 23.7 Å². The SMILES string of the molecule is Cc1ccc(C)c(OCCNS(=O)(=O)c2ccc(Cl)s2)c1. The number of thiophene rings is 1. The second-order valence-electron chi connectivity index (χ2n) is 4.57. The van der Waals surface area contributed by atoms with Crippen molar-refractivity contribution in [2.24, 2.45) is 0 Å². The van der Waals surface area contributed by atoms with Crippen LogP contribution in [0.15, 0.2) is 34.5 Å². The number of halogens is 1. The van der Waals surface area contributed by atoms with Gasteiger partial charge in [0.15, 0.2) is 0 Å². The lowest BCUT2D eigenvalue weighted by Crippen LogP contribution is -2.27. The zero-order valence-electron chi connectivity index (χ0n) is 11.7. The summed E-state index contributed by atoms with van der Waals surface area (Å²) in [5, 5.41) is 0. The van der Waals surface area contributed by atoms with Gasteiger partial charge in [0.1, 0.15) is 16.6 Å². The summed E-state index contributed by atoms with van der Waals surface area (Å²) in [5.41, 5.74) is 2.12. The molecule has 0 aliphatic heterocycles. The van der Waals surface area contributed by atoms with E-state index >= 15 is 0 Å². The molecule has 0 unspecified atom stereocenters. The monoisotopic (exact) mass is 345 g/mol. The van der Waals surface area contributed by atoms with Gasteiger partial charge in [-0.25, -0.2) is 13.1 Å². The van der Waals surface area contributed by atoms with Gasteiger partial charge in [0, 0.05) is 6.54 Å². The van der Waals surface area contributed by atoms with E-state index in [-0.39, 0.29) is 17.4 Å². The fourth-order valence-corrected chi connectivity index (χ4v) is 4.25. The number of rotatable bonds is 6. The summed E-state index contributed by atoms with van der Waals surface area (Å²) in [7, 11) is -3.51. The van der Waals surface area contributed by atoms with Crippen molar-refractivity contribution in [3.63, 3.8) is 0 Å². The van der Waals surface area contributed by atoms with Gasteiger partial charge in [-0.3, -0.25) is 0 Å². The molecule has 0 radical (unpaired) electrons. The maximum Gasteiger partial charge on any atom is 0.250 e. The van der Waals surface area contributed by atoms with Crippen LogP contribution in [0.2, 0.25) is 4.34 Å². The normalized spacial score (nSPS) is 11.6. The molecule has 2 aromatic rings. The van der Waals surface area contributed by atoms with Crippen LogP contribution in [0, 0.1) is 13.8 Å². The number of ether oxygens (including phenoxy) is 1. The van der Waals surface area contributed by atoms with Crippen molar-refractivity contribution in [3.05, 3.63) is 45.8 Å². The van der Waals surface area contributed by atoms with Crippen LogP contribution in [0.4, 0.5) is 0 Å². The molecule has 0 fully saturated rings. The Labute approximate surface area is 133 Å². The van der Waals surface area contributed by atoms with Gasteiger partial charge < -0.3 is 4.74 Å². The molecule has 2 rings (SSSR count). The van der Waals surface area contributed by atoms with Gasteiger partial charge in [-0.2, -0.15) is 0 Å². The van der Waals surface area contributed by atoms with Crippen molar-refractivity contribution in [2.45, 2.75) is 18.1 Å². The first-order chi connectivity index (χ1) is 9.88. The molecule has 0 spiro atoms. The fraction of sp³-hybridized carbons (Fsp3) is 0.286. The molecule has 0 saturated carbocycles. The van der Waals surface area contributed by atoms with E-state index in [0.29, 0.717) is 4.34 Å². The molecular formula is C14H16ClNO3S2. The molecule has 4 nitrogen and oxygen atoms in total. The van der Waals surface area contributed by atoms with Crippen LogP contribution in [0.5, 0.6) is 5.75 Å². The van der Waals surface area contributed by atoms with Gasteiger partial charge in [-0.15, -0.1) is 11.3 Å². The second-order valence-corrected chi connectivity index (χ2v) is 8.28. The molecule has 1 aromatic heterocycles. The van der Waals surface area contributed by atoms with E-state index in [2.05, 4.69) is 4.72 Å². The molecule has 1 aromatic carbocycles. The van der Waals surface area contributed by atoms with Gasteiger partial charge >= 0.3 is 0 Å². The summed E-state index contributed by atoms with van der Waals surface area (Å²) in [6, 6.07) is 8.96. The van der Waals surface area contributed by atoms with E-state index in [4.69, 9.17) is 16.3 Å².